The van der Waals surface area contributed by atoms with Crippen LogP contribution in [0.5, 0.6) is 0 Å². The number of anilines is 1. The summed E-state index contributed by atoms with van der Waals surface area (Å²) in [6, 6.07) is 3.98. The van der Waals surface area contributed by atoms with Gasteiger partial charge in [-0.25, -0.2) is 4.98 Å². The monoisotopic (exact) mass is 354 g/mol. The predicted octanol–water partition coefficient (Wildman–Crippen LogP) is 1.86. The number of nitrogens with zero attached hydrogens (tertiary/aromatic N) is 6. The first-order valence-corrected chi connectivity index (χ1v) is 9.02. The molecule has 1 amide bonds. The molecule has 8 heteroatoms. The lowest BCUT2D eigenvalue weighted by Crippen LogP contribution is -2.48. The SMILES string of the molecule is Cc1nnc2c(N3CCN(C(=O)/C=C\c4cccs4)CC3)nccn12. The summed E-state index contributed by atoms with van der Waals surface area (Å²) in [4.78, 5) is 21.9. The number of thiophene rings is 1. The molecule has 0 saturated carbocycles. The molecule has 0 spiro atoms. The maximum absolute atomic E-state index is 12.3. The Kier molecular flexibility index (Phi) is 4.19. The van der Waals surface area contributed by atoms with Crippen LogP contribution in [-0.4, -0.2) is 56.6 Å². The van der Waals surface area contributed by atoms with Gasteiger partial charge in [0.2, 0.25) is 11.6 Å². The fraction of sp³-hybridized carbons (Fsp3) is 0.294. The van der Waals surface area contributed by atoms with Crippen LogP contribution in [0.4, 0.5) is 5.82 Å². The molecule has 7 nitrogen and oxygen atoms in total. The van der Waals surface area contributed by atoms with Gasteiger partial charge < -0.3 is 9.80 Å². The van der Waals surface area contributed by atoms with Gasteiger partial charge in [0, 0.05) is 49.5 Å². The van der Waals surface area contributed by atoms with E-state index in [1.54, 1.807) is 23.6 Å². The highest BCUT2D eigenvalue weighted by atomic mass is 32.1. The van der Waals surface area contributed by atoms with Crippen LogP contribution in [0.3, 0.4) is 0 Å². The minimum atomic E-state index is 0.0533. The lowest BCUT2D eigenvalue weighted by molar-refractivity contribution is -0.126. The minimum absolute atomic E-state index is 0.0533. The van der Waals surface area contributed by atoms with E-state index >= 15 is 0 Å². The summed E-state index contributed by atoms with van der Waals surface area (Å²) in [6.45, 7) is 4.72. The molecule has 0 unspecified atom stereocenters. The van der Waals surface area contributed by atoms with E-state index in [0.29, 0.717) is 13.1 Å². The van der Waals surface area contributed by atoms with Crippen LogP contribution in [0, 0.1) is 6.92 Å². The molecule has 0 N–H and O–H groups in total. The van der Waals surface area contributed by atoms with Crippen molar-refractivity contribution < 1.29 is 4.79 Å². The first kappa shape index (κ1) is 15.8. The van der Waals surface area contributed by atoms with Gasteiger partial charge in [0.1, 0.15) is 5.82 Å². The molecule has 128 valence electrons. The molecular formula is C17H18N6OS. The van der Waals surface area contributed by atoms with Gasteiger partial charge in [-0.1, -0.05) is 6.07 Å². The predicted molar refractivity (Wildman–Crippen MR) is 97.7 cm³/mol. The van der Waals surface area contributed by atoms with Gasteiger partial charge >= 0.3 is 0 Å². The number of piperazine rings is 1. The molecule has 4 heterocycles. The number of hydrogen-bond donors (Lipinski definition) is 0. The second-order valence-corrected chi connectivity index (χ2v) is 6.83. The molecule has 1 aliphatic rings. The van der Waals surface area contributed by atoms with Gasteiger partial charge in [-0.2, -0.15) is 0 Å². The first-order valence-electron chi connectivity index (χ1n) is 8.14. The quantitative estimate of drug-likeness (QED) is 0.672. The maximum Gasteiger partial charge on any atom is 0.246 e. The minimum Gasteiger partial charge on any atom is -0.350 e. The lowest BCUT2D eigenvalue weighted by Gasteiger charge is -2.34. The number of aryl methyl sites for hydroxylation is 1. The summed E-state index contributed by atoms with van der Waals surface area (Å²) in [6.07, 6.45) is 7.16. The lowest BCUT2D eigenvalue weighted by atomic mass is 10.3. The normalized spacial score (nSPS) is 15.4. The molecule has 25 heavy (non-hydrogen) atoms. The van der Waals surface area contributed by atoms with Crippen molar-refractivity contribution in [1.29, 1.82) is 0 Å². The smallest absolute Gasteiger partial charge is 0.246 e. The van der Waals surface area contributed by atoms with Crippen LogP contribution in [0.1, 0.15) is 10.7 Å². The second kappa shape index (κ2) is 6.64. The van der Waals surface area contributed by atoms with Crippen molar-refractivity contribution in [2.45, 2.75) is 6.92 Å². The molecule has 3 aromatic rings. The number of fused-ring (bicyclic) bond motifs is 1. The van der Waals surface area contributed by atoms with Crippen LogP contribution in [0.25, 0.3) is 11.7 Å². The van der Waals surface area contributed by atoms with E-state index in [9.17, 15) is 4.79 Å². The number of carbonyl (C=O) groups is 1. The van der Waals surface area contributed by atoms with Crippen LogP contribution in [-0.2, 0) is 4.79 Å². The van der Waals surface area contributed by atoms with Crippen molar-refractivity contribution >= 4 is 34.8 Å². The summed E-state index contributed by atoms with van der Waals surface area (Å²) >= 11 is 1.62. The van der Waals surface area contributed by atoms with E-state index in [1.165, 1.54) is 0 Å². The molecular weight excluding hydrogens is 336 g/mol. The third kappa shape index (κ3) is 3.12. The standard InChI is InChI=1S/C17H18N6OS/c1-13-19-20-17-16(18-6-7-23(13)17)22-10-8-21(9-11-22)15(24)5-4-14-3-2-12-25-14/h2-7,12H,8-11H2,1H3/b5-4-. The zero-order chi connectivity index (χ0) is 17.2. The van der Waals surface area contributed by atoms with E-state index in [1.807, 2.05) is 46.0 Å². The average molecular weight is 354 g/mol. The number of amides is 1. The van der Waals surface area contributed by atoms with E-state index in [-0.39, 0.29) is 5.91 Å². The summed E-state index contributed by atoms with van der Waals surface area (Å²) in [5.41, 5.74) is 0.761. The summed E-state index contributed by atoms with van der Waals surface area (Å²) in [7, 11) is 0. The van der Waals surface area contributed by atoms with Crippen molar-refractivity contribution in [1.82, 2.24) is 24.5 Å². The zero-order valence-electron chi connectivity index (χ0n) is 13.9. The fourth-order valence-corrected chi connectivity index (χ4v) is 3.55. The molecule has 3 aromatic heterocycles. The van der Waals surface area contributed by atoms with E-state index in [0.717, 1.165) is 35.3 Å². The highest BCUT2D eigenvalue weighted by molar-refractivity contribution is 7.10. The third-order valence-corrected chi connectivity index (χ3v) is 5.14. The Morgan fingerprint density at radius 1 is 1.24 bits per heavy atom. The molecule has 0 aliphatic carbocycles. The third-order valence-electron chi connectivity index (χ3n) is 4.30. The van der Waals surface area contributed by atoms with Crippen molar-refractivity contribution in [2.75, 3.05) is 31.1 Å². The van der Waals surface area contributed by atoms with Crippen LogP contribution in [0.2, 0.25) is 0 Å². The van der Waals surface area contributed by atoms with E-state index in [2.05, 4.69) is 20.1 Å². The van der Waals surface area contributed by atoms with Crippen LogP contribution in [0.15, 0.2) is 36.0 Å². The molecule has 0 bridgehead atoms. The first-order chi connectivity index (χ1) is 12.2. The number of aromatic nitrogens is 4. The summed E-state index contributed by atoms with van der Waals surface area (Å²) in [5, 5.41) is 10.3. The Labute approximate surface area is 149 Å². The Morgan fingerprint density at radius 2 is 2.08 bits per heavy atom. The van der Waals surface area contributed by atoms with Crippen LogP contribution >= 0.6 is 11.3 Å². The van der Waals surface area contributed by atoms with Gasteiger partial charge in [0.05, 0.1) is 0 Å². The van der Waals surface area contributed by atoms with Crippen molar-refractivity contribution in [2.24, 2.45) is 0 Å². The largest absolute Gasteiger partial charge is 0.350 e. The van der Waals surface area contributed by atoms with E-state index < -0.39 is 0 Å². The molecule has 1 saturated heterocycles. The summed E-state index contributed by atoms with van der Waals surface area (Å²) in [5.74, 6) is 1.72. The Balaban J connectivity index is 1.43. The molecule has 0 radical (unpaired) electrons. The van der Waals surface area contributed by atoms with Crippen molar-refractivity contribution in [3.63, 3.8) is 0 Å². The molecule has 0 aromatic carbocycles. The van der Waals surface area contributed by atoms with Gasteiger partial charge in [0.25, 0.3) is 0 Å². The van der Waals surface area contributed by atoms with E-state index in [4.69, 9.17) is 0 Å². The fourth-order valence-electron chi connectivity index (χ4n) is 2.94. The number of carbonyl (C=O) groups excluding carboxylic acids is 1. The van der Waals surface area contributed by atoms with Gasteiger partial charge in [-0.3, -0.25) is 9.20 Å². The highest BCUT2D eigenvalue weighted by Gasteiger charge is 2.23. The Bertz CT molecular complexity index is 909. The average Bonchev–Trinajstić information content (AvgIpc) is 3.30. The molecule has 1 fully saturated rings. The Morgan fingerprint density at radius 3 is 2.84 bits per heavy atom. The summed E-state index contributed by atoms with van der Waals surface area (Å²) < 4.78 is 1.93. The van der Waals surface area contributed by atoms with Gasteiger partial charge in [-0.15, -0.1) is 21.5 Å². The van der Waals surface area contributed by atoms with Crippen molar-refractivity contribution in [3.8, 4) is 0 Å². The molecule has 0 atom stereocenters. The van der Waals surface area contributed by atoms with Gasteiger partial charge in [0.15, 0.2) is 5.82 Å². The number of rotatable bonds is 3. The van der Waals surface area contributed by atoms with Crippen molar-refractivity contribution in [3.05, 3.63) is 46.7 Å². The Hall–Kier alpha value is -2.74. The highest BCUT2D eigenvalue weighted by Crippen LogP contribution is 2.19. The van der Waals surface area contributed by atoms with Gasteiger partial charge in [-0.05, 0) is 24.4 Å². The second-order valence-electron chi connectivity index (χ2n) is 5.85. The molecule has 4 rings (SSSR count). The van der Waals surface area contributed by atoms with Crippen LogP contribution < -0.4 is 4.90 Å². The maximum atomic E-state index is 12.3. The molecule has 1 aliphatic heterocycles. The zero-order valence-corrected chi connectivity index (χ0v) is 14.7. The number of hydrogen-bond acceptors (Lipinski definition) is 6. The topological polar surface area (TPSA) is 66.6 Å².